The van der Waals surface area contributed by atoms with Gasteiger partial charge in [-0.1, -0.05) is 234 Å². The van der Waals surface area contributed by atoms with Crippen molar-refractivity contribution in [3.63, 3.8) is 0 Å². The molecule has 6 heteroatoms. The van der Waals surface area contributed by atoms with Gasteiger partial charge < -0.3 is 14.2 Å². The van der Waals surface area contributed by atoms with Crippen LogP contribution < -0.4 is 0 Å². The molecule has 0 heterocycles. The van der Waals surface area contributed by atoms with Gasteiger partial charge in [0.2, 0.25) is 0 Å². The quantitative estimate of drug-likeness (QED) is 0.0262. The predicted octanol–water partition coefficient (Wildman–Crippen LogP) is 19.5. The van der Waals surface area contributed by atoms with Crippen molar-refractivity contribution in [3.8, 4) is 0 Å². The second-order valence-corrected chi connectivity index (χ2v) is 19.2. The maximum Gasteiger partial charge on any atom is 0.306 e. The van der Waals surface area contributed by atoms with Gasteiger partial charge in [0.1, 0.15) is 13.2 Å². The molecule has 0 saturated carbocycles. The van der Waals surface area contributed by atoms with Gasteiger partial charge in [-0.05, 0) is 109 Å². The summed E-state index contributed by atoms with van der Waals surface area (Å²) in [5, 5.41) is 0. The summed E-state index contributed by atoms with van der Waals surface area (Å²) in [6.07, 6.45) is 74.4. The van der Waals surface area contributed by atoms with E-state index in [1.165, 1.54) is 122 Å². The number of allylic oxidation sites excluding steroid dienone is 14. The summed E-state index contributed by atoms with van der Waals surface area (Å²) in [4.78, 5) is 38.1. The molecule has 6 nitrogen and oxygen atoms in total. The van der Waals surface area contributed by atoms with Gasteiger partial charge in [-0.25, -0.2) is 0 Å². The Labute approximate surface area is 426 Å². The van der Waals surface area contributed by atoms with Gasteiger partial charge >= 0.3 is 17.9 Å². The van der Waals surface area contributed by atoms with Gasteiger partial charge in [0.05, 0.1) is 0 Å². The van der Waals surface area contributed by atoms with Crippen molar-refractivity contribution in [2.75, 3.05) is 13.2 Å². The third kappa shape index (κ3) is 55.4. The molecule has 0 bridgehead atoms. The highest BCUT2D eigenvalue weighted by Crippen LogP contribution is 2.15. The van der Waals surface area contributed by atoms with Crippen molar-refractivity contribution in [1.29, 1.82) is 0 Å². The summed E-state index contributed by atoms with van der Waals surface area (Å²) < 4.78 is 16.8. The minimum absolute atomic E-state index is 0.0979. The van der Waals surface area contributed by atoms with Gasteiger partial charge in [-0.3, -0.25) is 14.4 Å². The van der Waals surface area contributed by atoms with Crippen LogP contribution in [0.25, 0.3) is 0 Å². The van der Waals surface area contributed by atoms with E-state index < -0.39 is 6.10 Å². The average Bonchev–Trinajstić information content (AvgIpc) is 3.35. The van der Waals surface area contributed by atoms with E-state index >= 15 is 0 Å². The minimum atomic E-state index is -0.805. The van der Waals surface area contributed by atoms with Crippen LogP contribution in [0.15, 0.2) is 85.1 Å². The lowest BCUT2D eigenvalue weighted by atomic mass is 10.0. The zero-order valence-electron chi connectivity index (χ0n) is 45.3. The van der Waals surface area contributed by atoms with Crippen molar-refractivity contribution < 1.29 is 28.6 Å². The lowest BCUT2D eigenvalue weighted by molar-refractivity contribution is -0.167. The van der Waals surface area contributed by atoms with Crippen molar-refractivity contribution in [2.24, 2.45) is 0 Å². The van der Waals surface area contributed by atoms with E-state index in [9.17, 15) is 14.4 Å². The van der Waals surface area contributed by atoms with Crippen LogP contribution in [0.4, 0.5) is 0 Å². The molecule has 0 aromatic rings. The first-order chi connectivity index (χ1) is 34.0. The Morgan fingerprint density at radius 2 is 0.594 bits per heavy atom. The fourth-order valence-corrected chi connectivity index (χ4v) is 8.00. The second-order valence-electron chi connectivity index (χ2n) is 19.2. The number of carbonyl (C=O) groups is 3. The van der Waals surface area contributed by atoms with E-state index in [1.54, 1.807) is 0 Å². The standard InChI is InChI=1S/C63H108O6/c1-4-7-10-13-16-19-22-25-27-28-29-30-31-32-33-34-36-38-41-44-47-50-53-56-62(65)68-59-60(58-67-61(64)55-52-49-46-43-40-37-24-21-18-15-12-9-6-3)69-63(66)57-54-51-48-45-42-39-35-26-23-20-17-14-11-8-5-2/h8,11-12,15,17,20-21,24,26,28-29,35,42,45,60H,4-7,9-10,13-14,16,18-19,22-23,25,27,30-34,36-41,43-44,46-59H2,1-3H3/b11-8-,15-12-,20-17-,24-21-,29-28-,35-26-,45-42-. The molecule has 396 valence electrons. The van der Waals surface area contributed by atoms with Crippen LogP contribution in [0.5, 0.6) is 0 Å². The number of esters is 3. The van der Waals surface area contributed by atoms with E-state index in [-0.39, 0.29) is 37.5 Å². The van der Waals surface area contributed by atoms with E-state index in [2.05, 4.69) is 106 Å². The number of hydrogen-bond donors (Lipinski definition) is 0. The van der Waals surface area contributed by atoms with Crippen LogP contribution in [0.2, 0.25) is 0 Å². The maximum absolute atomic E-state index is 12.8. The topological polar surface area (TPSA) is 78.9 Å². The summed E-state index contributed by atoms with van der Waals surface area (Å²) >= 11 is 0. The fourth-order valence-electron chi connectivity index (χ4n) is 8.00. The Kier molecular flexibility index (Phi) is 54.3. The van der Waals surface area contributed by atoms with E-state index in [0.717, 1.165) is 109 Å². The first-order valence-electron chi connectivity index (χ1n) is 29.1. The Balaban J connectivity index is 4.35. The number of ether oxygens (including phenoxy) is 3. The normalized spacial score (nSPS) is 12.7. The molecule has 1 unspecified atom stereocenters. The van der Waals surface area contributed by atoms with E-state index in [1.807, 2.05) is 0 Å². The van der Waals surface area contributed by atoms with Crippen LogP contribution >= 0.6 is 0 Å². The van der Waals surface area contributed by atoms with E-state index in [0.29, 0.717) is 19.3 Å². The molecule has 0 N–H and O–H groups in total. The predicted molar refractivity (Wildman–Crippen MR) is 297 cm³/mol. The van der Waals surface area contributed by atoms with Gasteiger partial charge in [-0.15, -0.1) is 0 Å². The monoisotopic (exact) mass is 961 g/mol. The molecule has 0 aliphatic heterocycles. The summed E-state index contributed by atoms with van der Waals surface area (Å²) in [7, 11) is 0. The molecule has 0 aliphatic rings. The molecular weight excluding hydrogens is 853 g/mol. The van der Waals surface area contributed by atoms with Gasteiger partial charge in [0.25, 0.3) is 0 Å². The first-order valence-corrected chi connectivity index (χ1v) is 29.1. The molecule has 0 aromatic carbocycles. The van der Waals surface area contributed by atoms with Crippen LogP contribution in [0.1, 0.15) is 278 Å². The number of hydrogen-bond acceptors (Lipinski definition) is 6. The molecule has 0 saturated heterocycles. The molecular formula is C63H108O6. The average molecular weight is 962 g/mol. The largest absolute Gasteiger partial charge is 0.462 e. The molecule has 0 radical (unpaired) electrons. The van der Waals surface area contributed by atoms with Crippen LogP contribution in [0, 0.1) is 0 Å². The Morgan fingerprint density at radius 1 is 0.304 bits per heavy atom. The fraction of sp³-hybridized carbons (Fsp3) is 0.730. The third-order valence-electron chi connectivity index (χ3n) is 12.3. The SMILES string of the molecule is CC/C=C\C/C=C\C/C=C\C/C=C\CCCCC(=O)OC(COC(=O)CCCCCCC/C=C\C/C=C\CCC)COC(=O)CCCCCCCCCCCCC/C=C\CCCCCCCCCC. The third-order valence-corrected chi connectivity index (χ3v) is 12.3. The zero-order chi connectivity index (χ0) is 50.0. The Hall–Kier alpha value is -3.41. The molecule has 0 aliphatic carbocycles. The Bertz CT molecular complexity index is 1330. The Morgan fingerprint density at radius 3 is 0.986 bits per heavy atom. The lowest BCUT2D eigenvalue weighted by Gasteiger charge is -2.18. The van der Waals surface area contributed by atoms with Crippen molar-refractivity contribution >= 4 is 17.9 Å². The van der Waals surface area contributed by atoms with Crippen LogP contribution in [0.3, 0.4) is 0 Å². The molecule has 0 fully saturated rings. The van der Waals surface area contributed by atoms with Crippen molar-refractivity contribution in [1.82, 2.24) is 0 Å². The number of carbonyl (C=O) groups excluding carboxylic acids is 3. The zero-order valence-corrected chi connectivity index (χ0v) is 45.3. The molecule has 0 amide bonds. The first kappa shape index (κ1) is 65.6. The van der Waals surface area contributed by atoms with E-state index in [4.69, 9.17) is 14.2 Å². The molecule has 0 spiro atoms. The van der Waals surface area contributed by atoms with Crippen LogP contribution in [-0.2, 0) is 28.6 Å². The summed E-state index contributed by atoms with van der Waals surface area (Å²) in [5.74, 6) is -0.951. The smallest absolute Gasteiger partial charge is 0.306 e. The molecule has 0 aromatic heterocycles. The van der Waals surface area contributed by atoms with Crippen molar-refractivity contribution in [3.05, 3.63) is 85.1 Å². The molecule has 0 rings (SSSR count). The highest BCUT2D eigenvalue weighted by atomic mass is 16.6. The minimum Gasteiger partial charge on any atom is -0.462 e. The lowest BCUT2D eigenvalue weighted by Crippen LogP contribution is -2.30. The van der Waals surface area contributed by atoms with Gasteiger partial charge in [-0.2, -0.15) is 0 Å². The molecule has 69 heavy (non-hydrogen) atoms. The molecule has 1 atom stereocenters. The highest BCUT2D eigenvalue weighted by molar-refractivity contribution is 5.71. The maximum atomic E-state index is 12.8. The number of rotatable bonds is 52. The van der Waals surface area contributed by atoms with Crippen molar-refractivity contribution in [2.45, 2.75) is 284 Å². The van der Waals surface area contributed by atoms with Gasteiger partial charge in [0.15, 0.2) is 6.10 Å². The number of unbranched alkanes of at least 4 members (excludes halogenated alkanes) is 27. The second kappa shape index (κ2) is 57.2. The van der Waals surface area contributed by atoms with Crippen LogP contribution in [-0.4, -0.2) is 37.2 Å². The highest BCUT2D eigenvalue weighted by Gasteiger charge is 2.19. The summed E-state index contributed by atoms with van der Waals surface area (Å²) in [6.45, 7) is 6.43. The summed E-state index contributed by atoms with van der Waals surface area (Å²) in [5.41, 5.74) is 0. The summed E-state index contributed by atoms with van der Waals surface area (Å²) in [6, 6.07) is 0. The van der Waals surface area contributed by atoms with Gasteiger partial charge in [0, 0.05) is 19.3 Å².